The number of fused-ring (bicyclic) bond motifs is 1. The number of amides is 1. The van der Waals surface area contributed by atoms with Gasteiger partial charge in [-0.25, -0.2) is 0 Å². The topological polar surface area (TPSA) is 216 Å². The van der Waals surface area contributed by atoms with Crippen LogP contribution in [0, 0.1) is 75.4 Å². The molecule has 1 N–H and O–H groups in total. The van der Waals surface area contributed by atoms with Crippen molar-refractivity contribution >= 4 is 34.3 Å². The lowest BCUT2D eigenvalue weighted by atomic mass is 9.82. The summed E-state index contributed by atoms with van der Waals surface area (Å²) < 4.78 is 28.0. The van der Waals surface area contributed by atoms with E-state index >= 15 is 0 Å². The van der Waals surface area contributed by atoms with Gasteiger partial charge in [0.15, 0.2) is 24.9 Å². The van der Waals surface area contributed by atoms with E-state index in [1.54, 1.807) is 19.2 Å². The van der Waals surface area contributed by atoms with E-state index in [1.807, 2.05) is 102 Å². The number of hydrogen-bond donors (Lipinski definition) is 1. The number of rotatable bonds is 13. The molecule has 1 amide bonds. The molecular weight excluding hydrogens is 1050 g/mol. The first-order valence-corrected chi connectivity index (χ1v) is 28.2. The van der Waals surface area contributed by atoms with Crippen LogP contribution in [0.5, 0.6) is 28.7 Å². The maximum absolute atomic E-state index is 10.7. The predicted octanol–water partition coefficient (Wildman–Crippen LogP) is 19.1. The number of diazo groups is 5. The van der Waals surface area contributed by atoms with Gasteiger partial charge < -0.3 is 29.0 Å². The average molecular weight is 1140 g/mol. The molecule has 17 heteroatoms. The minimum atomic E-state index is -0.126. The zero-order valence-corrected chi connectivity index (χ0v) is 52.7. The fourth-order valence-corrected chi connectivity index (χ4v) is 9.15. The molecule has 84 heavy (non-hydrogen) atoms. The van der Waals surface area contributed by atoms with Crippen molar-refractivity contribution in [3.05, 3.63) is 190 Å². The highest BCUT2D eigenvalue weighted by molar-refractivity contribution is 5.72. The first-order valence-electron chi connectivity index (χ1n) is 28.2. The number of aryl methyl sites for hydroxylation is 9. The number of carbonyl (C=O) groups is 1. The van der Waals surface area contributed by atoms with Crippen molar-refractivity contribution in [3.63, 3.8) is 0 Å². The molecule has 0 radical (unpaired) electrons. The molecule has 17 nitrogen and oxygen atoms in total. The Morgan fingerprint density at radius 3 is 1.68 bits per heavy atom. The highest BCUT2D eigenvalue weighted by Crippen LogP contribution is 2.36. The normalized spacial score (nSPS) is 11.0. The molecule has 6 aromatic rings. The van der Waals surface area contributed by atoms with Gasteiger partial charge in [-0.15, -0.1) is 13.2 Å². The molecule has 0 aromatic heterocycles. The SMILES string of the molecule is C=C.CC(=O)NCCOc1c(C)cc([N+]#N)cc1C.CCc1cc(C)cc(CC)c1[N+]#N.COc1ccc(OCC(C)Oc2cc(C)c([N+]#N)c(C(C)C)c2)cc1.Cc1cc([N+]#N)cc(C(C)(C)C)c1C.Cc1cc([N+]#N)cc2c1OCCC2. The summed E-state index contributed by atoms with van der Waals surface area (Å²) in [6.45, 7) is 40.1. The molecular formula is C67H88N11O6+5. The molecule has 7 rings (SSSR count). The summed E-state index contributed by atoms with van der Waals surface area (Å²) in [7, 11) is 1.63. The van der Waals surface area contributed by atoms with Gasteiger partial charge in [0.05, 0.1) is 25.8 Å². The Morgan fingerprint density at radius 1 is 0.655 bits per heavy atom. The Hall–Kier alpha value is -9.37. The van der Waals surface area contributed by atoms with E-state index in [2.05, 4.69) is 118 Å². The summed E-state index contributed by atoms with van der Waals surface area (Å²) in [6.07, 6.45) is 3.75. The van der Waals surface area contributed by atoms with Crippen molar-refractivity contribution in [2.75, 3.05) is 33.5 Å². The first-order chi connectivity index (χ1) is 39.9. The van der Waals surface area contributed by atoms with Gasteiger partial charge in [0.2, 0.25) is 32.9 Å². The lowest BCUT2D eigenvalue weighted by Gasteiger charge is -2.21. The van der Waals surface area contributed by atoms with Gasteiger partial charge in [-0.1, -0.05) is 54.0 Å². The monoisotopic (exact) mass is 1140 g/mol. The van der Waals surface area contributed by atoms with Gasteiger partial charge in [-0.3, -0.25) is 4.79 Å². The van der Waals surface area contributed by atoms with Crippen LogP contribution in [0.25, 0.3) is 24.9 Å². The lowest BCUT2D eigenvalue weighted by molar-refractivity contribution is -0.119. The second-order valence-corrected chi connectivity index (χ2v) is 21.5. The number of hydrogen-bond acceptors (Lipinski definition) is 11. The Kier molecular flexibility index (Phi) is 29.9. The van der Waals surface area contributed by atoms with Crippen molar-refractivity contribution in [3.8, 4) is 28.7 Å². The summed E-state index contributed by atoms with van der Waals surface area (Å²) >= 11 is 0. The number of methoxy groups -OCH3 is 1. The summed E-state index contributed by atoms with van der Waals surface area (Å²) in [6, 6.07) is 26.4. The molecule has 442 valence electrons. The first kappa shape index (κ1) is 70.7. The maximum atomic E-state index is 10.7. The van der Waals surface area contributed by atoms with Crippen molar-refractivity contribution in [1.29, 1.82) is 27.0 Å². The molecule has 0 aliphatic carbocycles. The van der Waals surface area contributed by atoms with Crippen LogP contribution in [0.2, 0.25) is 0 Å². The molecule has 1 atom stereocenters. The van der Waals surface area contributed by atoms with Crippen LogP contribution in [0.3, 0.4) is 0 Å². The lowest BCUT2D eigenvalue weighted by Crippen LogP contribution is -2.25. The van der Waals surface area contributed by atoms with Crippen LogP contribution >= 0.6 is 0 Å². The third kappa shape index (κ3) is 22.2. The Labute approximate surface area is 498 Å². The molecule has 0 bridgehead atoms. The van der Waals surface area contributed by atoms with Crippen molar-refractivity contribution in [2.45, 2.75) is 154 Å². The van der Waals surface area contributed by atoms with Gasteiger partial charge in [-0.2, -0.15) is 0 Å². The number of benzene rings is 6. The predicted molar refractivity (Wildman–Crippen MR) is 338 cm³/mol. The van der Waals surface area contributed by atoms with Crippen molar-refractivity contribution in [1.82, 2.24) is 5.32 Å². The molecule has 1 aliphatic heterocycles. The third-order valence-electron chi connectivity index (χ3n) is 13.3. The van der Waals surface area contributed by atoms with Crippen LogP contribution in [0.1, 0.15) is 141 Å². The number of nitrogens with one attached hydrogen (secondary N) is 1. The zero-order valence-electron chi connectivity index (χ0n) is 52.7. The number of nitrogens with zero attached hydrogens (tertiary/aromatic N) is 10. The van der Waals surface area contributed by atoms with Crippen LogP contribution in [0.4, 0.5) is 28.4 Å². The zero-order chi connectivity index (χ0) is 63.3. The van der Waals surface area contributed by atoms with E-state index in [9.17, 15) is 10.2 Å². The second kappa shape index (κ2) is 35.5. The van der Waals surface area contributed by atoms with Crippen molar-refractivity contribution in [2.24, 2.45) is 0 Å². The standard InChI is InChI=1S/C20H25N2O3.C12H15N3O2.C12H17N2.C11H15N2.C10H11N2O.C2H4/c1-13(2)19-11-18(10-14(3)20(19)22-21)25-15(4)12-24-17-8-6-16(23-5)7-9-17;1-8-6-11(15-13)7-9(2)12(8)17-5-4-14-10(3)16;1-8-6-10(14-13)7-11(9(8)2)12(3,4)5;1-4-9-6-8(3)7-10(5-2)11(9)13-12;1-7-5-9(12-11)6-8-3-2-4-13-10(7)8;1-2/h6-11,13,15H,12H2,1-5H3;6-7H,4-5H2,1-3H3;6-7H,1-5H3;6-7H,4-5H2,1-3H3;5-6H,2-4H2,1H3;1-2H2/q+1;;3*+1;/p+1. The number of carbonyl (C=O) groups excluding carboxylic acids is 1. The summed E-state index contributed by atoms with van der Waals surface area (Å²) in [5.41, 5.74) is 16.3. The molecule has 1 aliphatic rings. The highest BCUT2D eigenvalue weighted by Gasteiger charge is 2.24. The molecule has 6 aromatic carbocycles. The summed E-state index contributed by atoms with van der Waals surface area (Å²) in [4.78, 5) is 27.0. The van der Waals surface area contributed by atoms with Crippen molar-refractivity contribution < 1.29 is 28.5 Å². The second-order valence-electron chi connectivity index (χ2n) is 21.5. The van der Waals surface area contributed by atoms with Gasteiger partial charge >= 0.3 is 28.4 Å². The minimum absolute atomic E-state index is 0.0727. The fourth-order valence-electron chi connectivity index (χ4n) is 9.15. The molecule has 0 spiro atoms. The maximum Gasteiger partial charge on any atom is 0.391 e. The highest BCUT2D eigenvalue weighted by atomic mass is 16.5. The molecule has 0 saturated heterocycles. The van der Waals surface area contributed by atoms with Crippen LogP contribution in [-0.2, 0) is 29.5 Å². The summed E-state index contributed by atoms with van der Waals surface area (Å²) in [5.74, 6) is 4.21. The Balaban J connectivity index is 0.000000365. The third-order valence-corrected chi connectivity index (χ3v) is 13.3. The quantitative estimate of drug-likeness (QED) is 0.0652. The van der Waals surface area contributed by atoms with Gasteiger partial charge in [-0.05, 0) is 174 Å². The van der Waals surface area contributed by atoms with Gasteiger partial charge in [0.25, 0.3) is 0 Å². The van der Waals surface area contributed by atoms with Gasteiger partial charge in [0, 0.05) is 65.6 Å². The Morgan fingerprint density at radius 2 is 1.18 bits per heavy atom. The Bertz CT molecular complexity index is 3320. The van der Waals surface area contributed by atoms with E-state index in [0.29, 0.717) is 42.5 Å². The summed E-state index contributed by atoms with van der Waals surface area (Å²) in [5, 5.41) is 46.9. The molecule has 1 heterocycles. The van der Waals surface area contributed by atoms with Crippen LogP contribution in [0.15, 0.2) is 98.1 Å². The van der Waals surface area contributed by atoms with E-state index < -0.39 is 0 Å². The fraction of sp³-hybridized carbons (Fsp3) is 0.418. The van der Waals surface area contributed by atoms with E-state index in [-0.39, 0.29) is 23.3 Å². The van der Waals surface area contributed by atoms with Gasteiger partial charge in [0.1, 0.15) is 48.1 Å². The largest absolute Gasteiger partial charge is 0.497 e. The van der Waals surface area contributed by atoms with Crippen LogP contribution < -0.4 is 29.0 Å². The molecule has 0 fully saturated rings. The van der Waals surface area contributed by atoms with E-state index in [0.717, 1.165) is 111 Å². The van der Waals surface area contributed by atoms with E-state index in [4.69, 9.17) is 45.3 Å². The molecule has 1 unspecified atom stereocenters. The van der Waals surface area contributed by atoms with E-state index in [1.165, 1.54) is 29.2 Å². The molecule has 0 saturated carbocycles. The minimum Gasteiger partial charge on any atom is -0.497 e. The number of ether oxygens (including phenoxy) is 5. The van der Waals surface area contributed by atoms with Crippen LogP contribution in [-0.4, -0.2) is 45.5 Å². The smallest absolute Gasteiger partial charge is 0.391 e. The average Bonchev–Trinajstić information content (AvgIpc) is 3.50.